The molecule has 30 heavy (non-hydrogen) atoms. The van der Waals surface area contributed by atoms with Crippen molar-refractivity contribution >= 4 is 5.96 Å². The van der Waals surface area contributed by atoms with Crippen LogP contribution in [0, 0.1) is 5.92 Å². The number of alkyl halides is 3. The first kappa shape index (κ1) is 24.4. The molecule has 1 fully saturated rings. The highest BCUT2D eigenvalue weighted by Gasteiger charge is 2.32. The van der Waals surface area contributed by atoms with Crippen LogP contribution in [0.1, 0.15) is 38.0 Å². The molecule has 6 nitrogen and oxygen atoms in total. The molecular formula is C21H32F3N3O3. The number of benzene rings is 1. The fourth-order valence-corrected chi connectivity index (χ4v) is 3.07. The highest BCUT2D eigenvalue weighted by Crippen LogP contribution is 2.32. The molecule has 2 N–H and O–H groups in total. The third-order valence-electron chi connectivity index (χ3n) is 4.50. The first-order valence-corrected chi connectivity index (χ1v) is 10.3. The van der Waals surface area contributed by atoms with Crippen LogP contribution in [-0.4, -0.2) is 68.1 Å². The van der Waals surface area contributed by atoms with E-state index in [0.29, 0.717) is 50.3 Å². The summed E-state index contributed by atoms with van der Waals surface area (Å²) in [5, 5.41) is 13.3. The summed E-state index contributed by atoms with van der Waals surface area (Å²) in [7, 11) is 0. The molecule has 0 spiro atoms. The first-order chi connectivity index (χ1) is 14.2. The summed E-state index contributed by atoms with van der Waals surface area (Å²) in [6, 6.07) is 5.23. The van der Waals surface area contributed by atoms with E-state index in [-0.39, 0.29) is 13.2 Å². The number of ether oxygens (including phenoxy) is 2. The number of hydrogen-bond acceptors (Lipinski definition) is 4. The first-order valence-electron chi connectivity index (χ1n) is 10.3. The van der Waals surface area contributed by atoms with Crippen molar-refractivity contribution in [1.82, 2.24) is 10.2 Å². The molecule has 2 atom stereocenters. The lowest BCUT2D eigenvalue weighted by molar-refractivity contribution is -0.137. The van der Waals surface area contributed by atoms with Gasteiger partial charge in [-0.2, -0.15) is 13.2 Å². The normalized spacial score (nSPS) is 19.3. The van der Waals surface area contributed by atoms with Gasteiger partial charge in [-0.25, -0.2) is 0 Å². The highest BCUT2D eigenvalue weighted by atomic mass is 19.4. The molecule has 9 heteroatoms. The number of rotatable bonds is 8. The van der Waals surface area contributed by atoms with Crippen molar-refractivity contribution in [3.63, 3.8) is 0 Å². The van der Waals surface area contributed by atoms with E-state index in [2.05, 4.69) is 10.3 Å². The zero-order valence-electron chi connectivity index (χ0n) is 17.8. The summed E-state index contributed by atoms with van der Waals surface area (Å²) in [6.45, 7) is 8.87. The molecule has 1 aliphatic rings. The number of aliphatic hydroxyl groups is 1. The molecule has 1 aromatic carbocycles. The summed E-state index contributed by atoms with van der Waals surface area (Å²) >= 11 is 0. The van der Waals surface area contributed by atoms with E-state index in [9.17, 15) is 18.3 Å². The lowest BCUT2D eigenvalue weighted by Crippen LogP contribution is -2.48. The minimum Gasteiger partial charge on any atom is -0.389 e. The summed E-state index contributed by atoms with van der Waals surface area (Å²) in [5.74, 6) is 0.986. The minimum absolute atomic E-state index is 0.173. The zero-order valence-corrected chi connectivity index (χ0v) is 17.8. The Morgan fingerprint density at radius 2 is 2.13 bits per heavy atom. The van der Waals surface area contributed by atoms with Crippen LogP contribution in [0.5, 0.6) is 0 Å². The smallest absolute Gasteiger partial charge is 0.389 e. The molecule has 170 valence electrons. The van der Waals surface area contributed by atoms with E-state index in [1.165, 1.54) is 6.07 Å². The van der Waals surface area contributed by atoms with Gasteiger partial charge in [0.2, 0.25) is 0 Å². The molecule has 0 aromatic heterocycles. The maximum atomic E-state index is 13.0. The van der Waals surface area contributed by atoms with E-state index in [4.69, 9.17) is 9.47 Å². The molecular weight excluding hydrogens is 399 g/mol. The third kappa shape index (κ3) is 7.77. The van der Waals surface area contributed by atoms with Gasteiger partial charge in [0.05, 0.1) is 38.0 Å². The molecule has 0 bridgehead atoms. The number of nitrogens with one attached hydrogen (secondary N) is 1. The number of morpholine rings is 1. The van der Waals surface area contributed by atoms with Gasteiger partial charge in [0.25, 0.3) is 0 Å². The van der Waals surface area contributed by atoms with Gasteiger partial charge in [-0.05, 0) is 30.5 Å². The molecule has 0 radical (unpaired) electrons. The van der Waals surface area contributed by atoms with Crippen molar-refractivity contribution in [3.05, 3.63) is 35.4 Å². The van der Waals surface area contributed by atoms with Gasteiger partial charge in [-0.15, -0.1) is 0 Å². The van der Waals surface area contributed by atoms with Gasteiger partial charge < -0.3 is 24.8 Å². The highest BCUT2D eigenvalue weighted by molar-refractivity contribution is 5.80. The van der Waals surface area contributed by atoms with Crippen LogP contribution in [0.15, 0.2) is 29.3 Å². The third-order valence-corrected chi connectivity index (χ3v) is 4.50. The molecule has 0 saturated carbocycles. The summed E-state index contributed by atoms with van der Waals surface area (Å²) in [6.07, 6.45) is -5.61. The van der Waals surface area contributed by atoms with Crippen LogP contribution in [0.25, 0.3) is 0 Å². The lowest BCUT2D eigenvalue weighted by Gasteiger charge is -2.35. The van der Waals surface area contributed by atoms with Crippen molar-refractivity contribution in [2.45, 2.75) is 39.2 Å². The van der Waals surface area contributed by atoms with Crippen LogP contribution < -0.4 is 5.32 Å². The van der Waals surface area contributed by atoms with E-state index < -0.39 is 23.9 Å². The number of halogens is 3. The van der Waals surface area contributed by atoms with E-state index in [1.54, 1.807) is 6.07 Å². The van der Waals surface area contributed by atoms with Crippen LogP contribution in [0.3, 0.4) is 0 Å². The predicted octanol–water partition coefficient (Wildman–Crippen LogP) is 3.08. The minimum atomic E-state index is -4.39. The van der Waals surface area contributed by atoms with Gasteiger partial charge >= 0.3 is 6.18 Å². The number of guanidine groups is 1. The quantitative estimate of drug-likeness (QED) is 0.489. The Morgan fingerprint density at radius 3 is 2.80 bits per heavy atom. The molecule has 1 aromatic rings. The number of hydrogen-bond donors (Lipinski definition) is 2. The Labute approximate surface area is 176 Å². The second-order valence-electron chi connectivity index (χ2n) is 7.71. The second kappa shape index (κ2) is 11.5. The Morgan fingerprint density at radius 1 is 1.37 bits per heavy atom. The second-order valence-corrected chi connectivity index (χ2v) is 7.71. The fourth-order valence-electron chi connectivity index (χ4n) is 3.07. The fraction of sp³-hybridized carbons (Fsp3) is 0.667. The van der Waals surface area contributed by atoms with Crippen molar-refractivity contribution in [1.29, 1.82) is 0 Å². The average molecular weight is 431 g/mol. The average Bonchev–Trinajstić information content (AvgIpc) is 2.70. The van der Waals surface area contributed by atoms with Crippen LogP contribution in [0.4, 0.5) is 13.2 Å². The zero-order chi connectivity index (χ0) is 22.1. The molecule has 1 aliphatic heterocycles. The Bertz CT molecular complexity index is 683. The van der Waals surface area contributed by atoms with Crippen molar-refractivity contribution in [3.8, 4) is 0 Å². The number of aliphatic hydroxyl groups excluding tert-OH is 1. The van der Waals surface area contributed by atoms with Crippen LogP contribution in [-0.2, 0) is 15.7 Å². The monoisotopic (exact) mass is 431 g/mol. The SMILES string of the molecule is CCNC(=NCC(O)COCC(C)C)N1CCOC(c2cccc(C(F)(F)F)c2)C1. The largest absolute Gasteiger partial charge is 0.416 e. The molecule has 2 rings (SSSR count). The summed E-state index contributed by atoms with van der Waals surface area (Å²) in [5.41, 5.74) is -0.210. The summed E-state index contributed by atoms with van der Waals surface area (Å²) < 4.78 is 50.3. The maximum Gasteiger partial charge on any atom is 0.416 e. The van der Waals surface area contributed by atoms with E-state index in [0.717, 1.165) is 12.1 Å². The molecule has 1 heterocycles. The Hall–Kier alpha value is -1.84. The molecule has 1 saturated heterocycles. The van der Waals surface area contributed by atoms with E-state index in [1.807, 2.05) is 25.7 Å². The summed E-state index contributed by atoms with van der Waals surface area (Å²) in [4.78, 5) is 6.43. The van der Waals surface area contributed by atoms with Gasteiger partial charge in [-0.3, -0.25) is 4.99 Å². The van der Waals surface area contributed by atoms with Crippen molar-refractivity contribution in [2.24, 2.45) is 10.9 Å². The number of aliphatic imine (C=N–C) groups is 1. The van der Waals surface area contributed by atoms with Gasteiger partial charge in [-0.1, -0.05) is 26.0 Å². The molecule has 0 amide bonds. The van der Waals surface area contributed by atoms with Gasteiger partial charge in [0.15, 0.2) is 5.96 Å². The predicted molar refractivity (Wildman–Crippen MR) is 109 cm³/mol. The lowest BCUT2D eigenvalue weighted by atomic mass is 10.0. The Kier molecular flexibility index (Phi) is 9.38. The number of nitrogens with zero attached hydrogens (tertiary/aromatic N) is 2. The van der Waals surface area contributed by atoms with Crippen molar-refractivity contribution in [2.75, 3.05) is 46.0 Å². The maximum absolute atomic E-state index is 13.0. The standard InChI is InChI=1S/C21H32F3N3O3/c1-4-25-20(26-11-18(28)14-29-13-15(2)3)27-8-9-30-19(12-27)16-6-5-7-17(10-16)21(22,23)24/h5-7,10,15,18-19,28H,4,8-9,11-14H2,1-3H3,(H,25,26). The van der Waals surface area contributed by atoms with Crippen LogP contribution >= 0.6 is 0 Å². The van der Waals surface area contributed by atoms with Crippen molar-refractivity contribution < 1.29 is 27.8 Å². The van der Waals surface area contributed by atoms with Crippen LogP contribution in [0.2, 0.25) is 0 Å². The van der Waals surface area contributed by atoms with Gasteiger partial charge in [0.1, 0.15) is 6.10 Å². The molecule has 2 unspecified atom stereocenters. The topological polar surface area (TPSA) is 66.3 Å². The van der Waals surface area contributed by atoms with Gasteiger partial charge in [0, 0.05) is 19.7 Å². The van der Waals surface area contributed by atoms with E-state index >= 15 is 0 Å². The molecule has 0 aliphatic carbocycles. The Balaban J connectivity index is 2.03.